The van der Waals surface area contributed by atoms with Crippen LogP contribution in [0.4, 0.5) is 33.0 Å². The van der Waals surface area contributed by atoms with Gasteiger partial charge in [-0.1, -0.05) is 65.9 Å². The number of carbonyl (C=O) groups excluding carboxylic acids is 2. The number of nitrogens with two attached hydrogens (primary N) is 1. The number of hydrogen-bond donors (Lipinski definition) is 4. The Bertz CT molecular complexity index is 2600. The van der Waals surface area contributed by atoms with Gasteiger partial charge in [-0.2, -0.15) is 0 Å². The van der Waals surface area contributed by atoms with E-state index in [9.17, 15) is 18.0 Å². The van der Waals surface area contributed by atoms with Crippen molar-refractivity contribution in [2.24, 2.45) is 0 Å². The molecule has 2 heterocycles. The molecule has 0 fully saturated rings. The molecule has 0 atom stereocenters. The summed E-state index contributed by atoms with van der Waals surface area (Å²) in [4.78, 5) is 34.5. The fraction of sp³-hybridized carbons (Fsp3) is 0.0952. The first-order valence-corrected chi connectivity index (χ1v) is 20.4. The molecule has 0 saturated carbocycles. The molecule has 0 aliphatic rings. The van der Waals surface area contributed by atoms with Gasteiger partial charge >= 0.3 is 0 Å². The molecule has 0 aliphatic carbocycles. The lowest BCUT2D eigenvalue weighted by Gasteiger charge is -2.12. The molecule has 7 aromatic rings. The minimum atomic E-state index is -3.83. The molecule has 0 amide bonds. The van der Waals surface area contributed by atoms with Crippen LogP contribution in [0, 0.1) is 20.8 Å². The Morgan fingerprint density at radius 1 is 0.714 bits per heavy atom. The van der Waals surface area contributed by atoms with Gasteiger partial charge in [0.2, 0.25) is 11.6 Å². The van der Waals surface area contributed by atoms with Crippen molar-refractivity contribution < 1.29 is 22.7 Å². The monoisotopic (exact) mass is 802 g/mol. The number of sulfonamides is 1. The number of rotatable bonds is 12. The number of nitrogen functional groups attached to an aromatic ring is 1. The first kappa shape index (κ1) is 39.3. The molecule has 56 heavy (non-hydrogen) atoms. The van der Waals surface area contributed by atoms with Gasteiger partial charge in [0, 0.05) is 39.3 Å². The summed E-state index contributed by atoms with van der Waals surface area (Å²) in [5.74, 6) is 0.149. The van der Waals surface area contributed by atoms with Gasteiger partial charge in [0.05, 0.1) is 18.2 Å². The first-order valence-electron chi connectivity index (χ1n) is 17.2. The molecule has 5 N–H and O–H groups in total. The van der Waals surface area contributed by atoms with Gasteiger partial charge in [-0.3, -0.25) is 14.3 Å². The van der Waals surface area contributed by atoms with Crippen molar-refractivity contribution in [1.29, 1.82) is 0 Å². The summed E-state index contributed by atoms with van der Waals surface area (Å²) < 4.78 is 33.5. The zero-order valence-corrected chi connectivity index (χ0v) is 33.3. The molecular weight excluding hydrogens is 765 g/mol. The Morgan fingerprint density at radius 2 is 1.29 bits per heavy atom. The van der Waals surface area contributed by atoms with E-state index in [1.165, 1.54) is 29.8 Å². The zero-order chi connectivity index (χ0) is 39.8. The Hall–Kier alpha value is -6.35. The number of anilines is 6. The van der Waals surface area contributed by atoms with E-state index in [0.717, 1.165) is 22.4 Å². The minimum absolute atomic E-state index is 0.0558. The van der Waals surface area contributed by atoms with Crippen LogP contribution in [0.1, 0.15) is 48.0 Å². The fourth-order valence-corrected chi connectivity index (χ4v) is 8.25. The van der Waals surface area contributed by atoms with Gasteiger partial charge in [0.25, 0.3) is 10.0 Å². The summed E-state index contributed by atoms with van der Waals surface area (Å²) in [6, 6.07) is 34.1. The highest BCUT2D eigenvalue weighted by Gasteiger charge is 2.20. The first-order chi connectivity index (χ1) is 26.9. The zero-order valence-electron chi connectivity index (χ0n) is 30.9. The Labute approximate surface area is 333 Å². The van der Waals surface area contributed by atoms with E-state index in [2.05, 4.69) is 25.3 Å². The molecular formula is C42H38N6O5S3. The van der Waals surface area contributed by atoms with Gasteiger partial charge in [0.1, 0.15) is 16.3 Å². The number of ether oxygens (including phenoxy) is 1. The Balaban J connectivity index is 0.000000208. The number of thiazole rings is 2. The quantitative estimate of drug-likeness (QED) is 0.0691. The summed E-state index contributed by atoms with van der Waals surface area (Å²) in [5.41, 5.74) is 12.8. The van der Waals surface area contributed by atoms with Crippen molar-refractivity contribution in [2.75, 3.05) is 28.2 Å². The van der Waals surface area contributed by atoms with E-state index in [4.69, 9.17) is 10.5 Å². The van der Waals surface area contributed by atoms with Crippen LogP contribution >= 0.6 is 22.7 Å². The van der Waals surface area contributed by atoms with Crippen LogP contribution in [-0.4, -0.2) is 37.1 Å². The lowest BCUT2D eigenvalue weighted by Crippen LogP contribution is -2.14. The van der Waals surface area contributed by atoms with Crippen molar-refractivity contribution in [1.82, 2.24) is 9.97 Å². The highest BCUT2D eigenvalue weighted by molar-refractivity contribution is 7.92. The molecule has 284 valence electrons. The number of nitrogens with one attached hydrogen (secondary N) is 3. The van der Waals surface area contributed by atoms with E-state index in [-0.39, 0.29) is 22.2 Å². The van der Waals surface area contributed by atoms with E-state index >= 15 is 0 Å². The maximum absolute atomic E-state index is 12.9. The van der Waals surface area contributed by atoms with Crippen LogP contribution in [0.25, 0.3) is 0 Å². The molecule has 14 heteroatoms. The number of benzene rings is 5. The molecule has 7 rings (SSSR count). The standard InChI is InChI=1S/C25H23N3O4S2.C17H15N3OS/c1-16-8-13-21(32-3)23(14-16)34(30,31)28-19-11-9-18(10-12-19)27-25-26-15-22(33-25)24(29)20-7-5-4-6-17(20)2;1-11-4-2-3-5-14(11)16(21)15-10-22-17(20-15)19-13-8-6-12(18)7-9-13/h4-15,28H,1-3H3,(H,26,27);2-10H,18H2,1H3,(H,19,20). The number of methoxy groups -OCH3 is 1. The second-order valence-corrected chi connectivity index (χ2v) is 16.1. The number of aryl methyl sites for hydroxylation is 3. The summed E-state index contributed by atoms with van der Waals surface area (Å²) in [6.45, 7) is 5.64. The fourth-order valence-electron chi connectivity index (χ4n) is 5.44. The van der Waals surface area contributed by atoms with Crippen LogP contribution in [-0.2, 0) is 10.0 Å². The van der Waals surface area contributed by atoms with Crippen molar-refractivity contribution in [2.45, 2.75) is 25.7 Å². The third kappa shape index (κ3) is 9.65. The molecule has 0 saturated heterocycles. The predicted molar refractivity (Wildman–Crippen MR) is 226 cm³/mol. The number of nitrogens with zero attached hydrogens (tertiary/aromatic N) is 2. The van der Waals surface area contributed by atoms with Crippen LogP contribution in [0.15, 0.2) is 132 Å². The van der Waals surface area contributed by atoms with E-state index < -0.39 is 10.0 Å². The second kappa shape index (κ2) is 17.4. The summed E-state index contributed by atoms with van der Waals surface area (Å²) in [7, 11) is -2.40. The SMILES string of the molecule is COc1ccc(C)cc1S(=O)(=O)Nc1ccc(Nc2ncc(C(=O)c3ccccc3C)s2)cc1.Cc1ccccc1C(=O)c1csc(Nc2ccc(N)cc2)n1. The lowest BCUT2D eigenvalue weighted by molar-refractivity contribution is 0.102. The van der Waals surface area contributed by atoms with Gasteiger partial charge in [-0.15, -0.1) is 11.3 Å². The molecule has 0 spiro atoms. The van der Waals surface area contributed by atoms with Crippen LogP contribution in [0.5, 0.6) is 5.75 Å². The summed E-state index contributed by atoms with van der Waals surface area (Å²) in [6.07, 6.45) is 1.56. The number of ketones is 2. The highest BCUT2D eigenvalue weighted by atomic mass is 32.2. The number of hydrogen-bond acceptors (Lipinski definition) is 12. The maximum Gasteiger partial charge on any atom is 0.265 e. The third-order valence-electron chi connectivity index (χ3n) is 8.40. The predicted octanol–water partition coefficient (Wildman–Crippen LogP) is 9.55. The third-order valence-corrected chi connectivity index (χ3v) is 11.5. The Morgan fingerprint density at radius 3 is 1.91 bits per heavy atom. The average molecular weight is 803 g/mol. The second-order valence-electron chi connectivity index (χ2n) is 12.6. The summed E-state index contributed by atoms with van der Waals surface area (Å²) in [5, 5.41) is 9.34. The topological polar surface area (TPSA) is 165 Å². The summed E-state index contributed by atoms with van der Waals surface area (Å²) >= 11 is 2.66. The van der Waals surface area contributed by atoms with Crippen LogP contribution < -0.4 is 25.8 Å². The number of aromatic nitrogens is 2. The van der Waals surface area contributed by atoms with Gasteiger partial charge in [-0.05, 0) is 98.1 Å². The van der Waals surface area contributed by atoms with Crippen molar-refractivity contribution in [3.05, 3.63) is 165 Å². The Kier molecular flexibility index (Phi) is 12.2. The molecule has 11 nitrogen and oxygen atoms in total. The van der Waals surface area contributed by atoms with E-state index in [0.29, 0.717) is 49.0 Å². The molecule has 0 aliphatic heterocycles. The molecule has 5 aromatic carbocycles. The maximum atomic E-state index is 12.9. The molecule has 2 aromatic heterocycles. The minimum Gasteiger partial charge on any atom is -0.495 e. The van der Waals surface area contributed by atoms with Crippen molar-refractivity contribution >= 4 is 77.3 Å². The van der Waals surface area contributed by atoms with Crippen molar-refractivity contribution in [3.63, 3.8) is 0 Å². The van der Waals surface area contributed by atoms with E-state index in [1.54, 1.807) is 60.1 Å². The molecule has 0 radical (unpaired) electrons. The molecule has 0 unspecified atom stereocenters. The van der Waals surface area contributed by atoms with Gasteiger partial charge in [0.15, 0.2) is 10.3 Å². The molecule has 0 bridgehead atoms. The lowest BCUT2D eigenvalue weighted by atomic mass is 10.0. The average Bonchev–Trinajstić information content (AvgIpc) is 3.87. The smallest absolute Gasteiger partial charge is 0.265 e. The van der Waals surface area contributed by atoms with Crippen LogP contribution in [0.2, 0.25) is 0 Å². The number of carbonyl (C=O) groups is 2. The van der Waals surface area contributed by atoms with E-state index in [1.807, 2.05) is 87.5 Å². The highest BCUT2D eigenvalue weighted by Crippen LogP contribution is 2.29. The van der Waals surface area contributed by atoms with Gasteiger partial charge < -0.3 is 21.1 Å². The largest absolute Gasteiger partial charge is 0.495 e. The van der Waals surface area contributed by atoms with Crippen LogP contribution in [0.3, 0.4) is 0 Å². The van der Waals surface area contributed by atoms with Gasteiger partial charge in [-0.25, -0.2) is 18.4 Å². The normalized spacial score (nSPS) is 10.9. The van der Waals surface area contributed by atoms with Crippen molar-refractivity contribution in [3.8, 4) is 5.75 Å².